The first-order valence-corrected chi connectivity index (χ1v) is 13.0. The highest BCUT2D eigenvalue weighted by Crippen LogP contribution is 2.37. The van der Waals surface area contributed by atoms with E-state index in [-0.39, 0.29) is 12.6 Å². The van der Waals surface area contributed by atoms with Crippen LogP contribution in [0.1, 0.15) is 38.2 Å². The summed E-state index contributed by atoms with van der Waals surface area (Å²) in [5, 5.41) is 0. The molecule has 5 nitrogen and oxygen atoms in total. The van der Waals surface area contributed by atoms with E-state index in [4.69, 9.17) is 4.74 Å². The van der Waals surface area contributed by atoms with Crippen molar-refractivity contribution in [1.82, 2.24) is 14.7 Å². The van der Waals surface area contributed by atoms with Crippen LogP contribution in [-0.2, 0) is 23.5 Å². The number of hydrogen-bond acceptors (Lipinski definition) is 4. The first-order valence-electron chi connectivity index (χ1n) is 13.0. The number of amides is 1. The lowest BCUT2D eigenvalue weighted by Gasteiger charge is -2.42. The number of carbonyl (C=O) groups is 1. The maximum Gasteiger partial charge on any atom is 0.416 e. The zero-order chi connectivity index (χ0) is 28.4. The summed E-state index contributed by atoms with van der Waals surface area (Å²) in [7, 11) is 0. The van der Waals surface area contributed by atoms with Crippen molar-refractivity contribution < 1.29 is 35.9 Å². The van der Waals surface area contributed by atoms with Gasteiger partial charge in [0.05, 0.1) is 24.3 Å². The number of hydrogen-bond donors (Lipinski definition) is 0. The van der Waals surface area contributed by atoms with Crippen molar-refractivity contribution in [3.63, 3.8) is 0 Å². The summed E-state index contributed by atoms with van der Waals surface area (Å²) in [5.74, 6) is -0.826. The van der Waals surface area contributed by atoms with Gasteiger partial charge < -0.3 is 9.64 Å². The van der Waals surface area contributed by atoms with Gasteiger partial charge in [-0.15, -0.1) is 0 Å². The molecule has 2 heterocycles. The maximum absolute atomic E-state index is 13.5. The topological polar surface area (TPSA) is 36.0 Å². The summed E-state index contributed by atoms with van der Waals surface area (Å²) in [6, 6.07) is 6.61. The van der Waals surface area contributed by atoms with Gasteiger partial charge in [-0.3, -0.25) is 14.6 Å². The summed E-state index contributed by atoms with van der Waals surface area (Å²) in [6.07, 6.45) is -9.60. The quantitative estimate of drug-likeness (QED) is 0.467. The standard InChI is InChI=1S/C28H33F6N3O2/c1-19-3-4-21(13-20(19)2)14-25-18-36(6-5-35-9-11-39-12-10-35)7-8-37(25)26(38)22-15-23(27(29,30)31)17-24(16-22)28(32,33)34/h3-4,13,15-17,25H,5-12,14,18H2,1-2H3/t25-/m1/s1. The molecule has 0 bridgehead atoms. The van der Waals surface area contributed by atoms with Crippen LogP contribution in [0.2, 0.25) is 0 Å². The van der Waals surface area contributed by atoms with E-state index in [0.29, 0.717) is 44.9 Å². The Morgan fingerprint density at radius 3 is 2.03 bits per heavy atom. The van der Waals surface area contributed by atoms with Crippen LogP contribution >= 0.6 is 0 Å². The second kappa shape index (κ2) is 11.9. The lowest BCUT2D eigenvalue weighted by atomic mass is 9.97. The highest BCUT2D eigenvalue weighted by atomic mass is 19.4. The smallest absolute Gasteiger partial charge is 0.379 e. The van der Waals surface area contributed by atoms with Gasteiger partial charge in [-0.2, -0.15) is 26.3 Å². The highest BCUT2D eigenvalue weighted by Gasteiger charge is 2.39. The minimum Gasteiger partial charge on any atom is -0.379 e. The molecule has 2 aliphatic rings. The van der Waals surface area contributed by atoms with Gasteiger partial charge in [-0.05, 0) is 55.2 Å². The van der Waals surface area contributed by atoms with Crippen molar-refractivity contribution in [1.29, 1.82) is 0 Å². The molecule has 39 heavy (non-hydrogen) atoms. The number of benzene rings is 2. The van der Waals surface area contributed by atoms with Crippen LogP contribution in [0.25, 0.3) is 0 Å². The zero-order valence-electron chi connectivity index (χ0n) is 22.0. The Labute approximate surface area is 224 Å². The van der Waals surface area contributed by atoms with Crippen LogP contribution in [0.15, 0.2) is 36.4 Å². The third-order valence-electron chi connectivity index (χ3n) is 7.54. The third-order valence-corrected chi connectivity index (χ3v) is 7.54. The minimum atomic E-state index is -5.02. The zero-order valence-corrected chi connectivity index (χ0v) is 22.0. The van der Waals surface area contributed by atoms with Gasteiger partial charge in [0, 0.05) is 57.4 Å². The Morgan fingerprint density at radius 2 is 1.44 bits per heavy atom. The predicted octanol–water partition coefficient (Wildman–Crippen LogP) is 5.04. The SMILES string of the molecule is Cc1ccc(C[C@@H]2CN(CCN3CCOCC3)CCN2C(=O)c2cc(C(F)(F)F)cc(C(F)(F)F)c2)cc1C. The fourth-order valence-corrected chi connectivity index (χ4v) is 5.12. The fourth-order valence-electron chi connectivity index (χ4n) is 5.12. The van der Waals surface area contributed by atoms with Crippen molar-refractivity contribution in [3.8, 4) is 0 Å². The van der Waals surface area contributed by atoms with Gasteiger partial charge in [0.2, 0.25) is 0 Å². The molecule has 2 saturated heterocycles. The van der Waals surface area contributed by atoms with Crippen LogP contribution in [0.3, 0.4) is 0 Å². The molecule has 4 rings (SSSR count). The van der Waals surface area contributed by atoms with Crippen molar-refractivity contribution >= 4 is 5.91 Å². The van der Waals surface area contributed by atoms with Crippen molar-refractivity contribution in [2.24, 2.45) is 0 Å². The molecule has 1 atom stereocenters. The van der Waals surface area contributed by atoms with Crippen molar-refractivity contribution in [3.05, 3.63) is 69.8 Å². The molecule has 0 spiro atoms. The number of rotatable bonds is 6. The summed E-state index contributed by atoms with van der Waals surface area (Å²) in [6.45, 7) is 9.68. The average molecular weight is 558 g/mol. The maximum atomic E-state index is 13.5. The molecular formula is C28H33F6N3O2. The lowest BCUT2D eigenvalue weighted by Crippen LogP contribution is -2.57. The number of alkyl halides is 6. The van der Waals surface area contributed by atoms with Crippen molar-refractivity contribution in [2.75, 3.05) is 59.0 Å². The summed E-state index contributed by atoms with van der Waals surface area (Å²) in [4.78, 5) is 19.5. The van der Waals surface area contributed by atoms with E-state index in [0.717, 1.165) is 42.9 Å². The number of nitrogens with zero attached hydrogens (tertiary/aromatic N) is 3. The van der Waals surface area contributed by atoms with Crippen molar-refractivity contribution in [2.45, 2.75) is 38.7 Å². The van der Waals surface area contributed by atoms with Gasteiger partial charge >= 0.3 is 12.4 Å². The van der Waals surface area contributed by atoms with Gasteiger partial charge in [0.1, 0.15) is 0 Å². The molecule has 1 amide bonds. The van der Waals surface area contributed by atoms with E-state index < -0.39 is 41.0 Å². The van der Waals surface area contributed by atoms with Crippen LogP contribution in [-0.4, -0.2) is 85.7 Å². The molecule has 0 saturated carbocycles. The third kappa shape index (κ3) is 7.52. The van der Waals surface area contributed by atoms with Crippen LogP contribution < -0.4 is 0 Å². The average Bonchev–Trinajstić information content (AvgIpc) is 2.89. The molecule has 0 radical (unpaired) electrons. The van der Waals surface area contributed by atoms with E-state index in [2.05, 4.69) is 9.80 Å². The van der Waals surface area contributed by atoms with Gasteiger partial charge in [-0.25, -0.2) is 0 Å². The normalized spacial score (nSPS) is 19.9. The van der Waals surface area contributed by atoms with E-state index in [1.54, 1.807) is 0 Å². The monoisotopic (exact) mass is 557 g/mol. The second-order valence-corrected chi connectivity index (χ2v) is 10.3. The molecule has 0 N–H and O–H groups in total. The molecular weight excluding hydrogens is 524 g/mol. The van der Waals surface area contributed by atoms with Crippen LogP contribution in [0.4, 0.5) is 26.3 Å². The fraction of sp³-hybridized carbons (Fsp3) is 0.536. The Hall–Kier alpha value is -2.63. The number of piperazine rings is 1. The molecule has 2 fully saturated rings. The summed E-state index contributed by atoms with van der Waals surface area (Å²) < 4.78 is 86.1. The summed E-state index contributed by atoms with van der Waals surface area (Å²) >= 11 is 0. The first-order chi connectivity index (χ1) is 18.3. The minimum absolute atomic E-state index is 0.0485. The van der Waals surface area contributed by atoms with E-state index in [1.807, 2.05) is 32.0 Å². The van der Waals surface area contributed by atoms with E-state index >= 15 is 0 Å². The molecule has 11 heteroatoms. The molecule has 2 aromatic rings. The van der Waals surface area contributed by atoms with Gasteiger partial charge in [0.15, 0.2) is 0 Å². The van der Waals surface area contributed by atoms with Gasteiger partial charge in [0.25, 0.3) is 5.91 Å². The second-order valence-electron chi connectivity index (χ2n) is 10.3. The number of ether oxygens (including phenoxy) is 1. The largest absolute Gasteiger partial charge is 0.416 e. The first kappa shape index (κ1) is 29.4. The van der Waals surface area contributed by atoms with E-state index in [1.165, 1.54) is 4.90 Å². The number of carbonyl (C=O) groups excluding carboxylic acids is 1. The Bertz CT molecular complexity index is 1130. The molecule has 0 aromatic heterocycles. The highest BCUT2D eigenvalue weighted by molar-refractivity contribution is 5.95. The van der Waals surface area contributed by atoms with E-state index in [9.17, 15) is 31.1 Å². The molecule has 214 valence electrons. The number of halogens is 6. The number of aryl methyl sites for hydroxylation is 2. The molecule has 2 aliphatic heterocycles. The number of morpholine rings is 1. The van der Waals surface area contributed by atoms with Crippen LogP contribution in [0, 0.1) is 13.8 Å². The molecule has 0 unspecified atom stereocenters. The van der Waals surface area contributed by atoms with Gasteiger partial charge in [-0.1, -0.05) is 18.2 Å². The Kier molecular flexibility index (Phi) is 8.92. The molecule has 0 aliphatic carbocycles. The lowest BCUT2D eigenvalue weighted by molar-refractivity contribution is -0.143. The summed E-state index contributed by atoms with van der Waals surface area (Å²) in [5.41, 5.74) is -0.463. The molecule has 2 aromatic carbocycles. The van der Waals surface area contributed by atoms with Crippen LogP contribution in [0.5, 0.6) is 0 Å². The Balaban J connectivity index is 1.59. The Morgan fingerprint density at radius 1 is 0.821 bits per heavy atom. The predicted molar refractivity (Wildman–Crippen MR) is 135 cm³/mol.